The van der Waals surface area contributed by atoms with Gasteiger partial charge in [0, 0.05) is 19.5 Å². The molecule has 0 rings (SSSR count). The van der Waals surface area contributed by atoms with Crippen LogP contribution in [0.4, 0.5) is 0 Å². The fraction of sp³-hybridized carbons (Fsp3) is 0.939. The van der Waals surface area contributed by atoms with E-state index in [4.69, 9.17) is 5.73 Å². The fourth-order valence-corrected chi connectivity index (χ4v) is 5.01. The summed E-state index contributed by atoms with van der Waals surface area (Å²) >= 11 is 0. The predicted octanol–water partition coefficient (Wildman–Crippen LogP) is 8.73. The Kier molecular flexibility index (Phi) is 29.6. The third-order valence-corrected chi connectivity index (χ3v) is 7.70. The van der Waals surface area contributed by atoms with Crippen LogP contribution in [0.3, 0.4) is 0 Å². The van der Waals surface area contributed by atoms with Gasteiger partial charge in [-0.3, -0.25) is 9.59 Å². The third-order valence-electron chi connectivity index (χ3n) is 7.70. The number of nitrogens with one attached hydrogen (secondary N) is 2. The quantitative estimate of drug-likeness (QED) is 0.0801. The minimum atomic E-state index is -0.593. The van der Waals surface area contributed by atoms with Crippen molar-refractivity contribution >= 4 is 11.8 Å². The minimum Gasteiger partial charge on any atom is -0.356 e. The molecule has 0 fully saturated rings. The van der Waals surface area contributed by atoms with Gasteiger partial charge in [0.2, 0.25) is 11.8 Å². The number of carbonyl (C=O) groups is 2. The average Bonchev–Trinajstić information content (AvgIpc) is 2.92. The van der Waals surface area contributed by atoms with Gasteiger partial charge in [0.15, 0.2) is 0 Å². The van der Waals surface area contributed by atoms with Crippen LogP contribution in [-0.4, -0.2) is 30.9 Å². The molecule has 0 saturated heterocycles. The van der Waals surface area contributed by atoms with E-state index in [0.717, 1.165) is 25.8 Å². The first-order valence-electron chi connectivity index (χ1n) is 16.9. The molecule has 0 unspecified atom stereocenters. The summed E-state index contributed by atoms with van der Waals surface area (Å²) in [5.41, 5.74) is 6.00. The van der Waals surface area contributed by atoms with Crippen LogP contribution in [0.25, 0.3) is 0 Å². The van der Waals surface area contributed by atoms with Gasteiger partial charge in [-0.25, -0.2) is 0 Å². The first kappa shape index (κ1) is 36.9. The Morgan fingerprint density at radius 1 is 0.500 bits per heavy atom. The van der Waals surface area contributed by atoms with Crippen molar-refractivity contribution < 1.29 is 9.59 Å². The maximum absolute atomic E-state index is 12.2. The normalized spacial score (nSPS) is 12.0. The summed E-state index contributed by atoms with van der Waals surface area (Å²) in [5, 5.41) is 5.92. The van der Waals surface area contributed by atoms with E-state index < -0.39 is 6.04 Å². The van der Waals surface area contributed by atoms with Gasteiger partial charge in [-0.2, -0.15) is 0 Å². The summed E-state index contributed by atoms with van der Waals surface area (Å²) in [7, 11) is 0. The highest BCUT2D eigenvalue weighted by molar-refractivity contribution is 5.82. The van der Waals surface area contributed by atoms with Crippen molar-refractivity contribution in [3.63, 3.8) is 0 Å². The molecule has 0 heterocycles. The van der Waals surface area contributed by atoms with Gasteiger partial charge in [-0.1, -0.05) is 155 Å². The van der Waals surface area contributed by atoms with E-state index in [1.807, 2.05) is 0 Å². The van der Waals surface area contributed by atoms with Crippen molar-refractivity contribution in [2.45, 2.75) is 187 Å². The minimum absolute atomic E-state index is 0.0114. The zero-order chi connectivity index (χ0) is 27.9. The molecule has 4 N–H and O–H groups in total. The van der Waals surface area contributed by atoms with Crippen LogP contribution in [0.5, 0.6) is 0 Å². The average molecular weight is 538 g/mol. The highest BCUT2D eigenvalue weighted by Crippen LogP contribution is 2.13. The Balaban J connectivity index is 3.41. The van der Waals surface area contributed by atoms with E-state index in [0.29, 0.717) is 19.4 Å². The molecule has 5 heteroatoms. The molecule has 5 nitrogen and oxygen atoms in total. The van der Waals surface area contributed by atoms with E-state index in [2.05, 4.69) is 24.5 Å². The van der Waals surface area contributed by atoms with E-state index in [1.54, 1.807) is 0 Å². The molecule has 0 aliphatic heterocycles. The molecule has 0 aromatic carbocycles. The van der Waals surface area contributed by atoms with Gasteiger partial charge in [-0.05, 0) is 19.3 Å². The second-order valence-corrected chi connectivity index (χ2v) is 11.6. The van der Waals surface area contributed by atoms with E-state index in [9.17, 15) is 9.59 Å². The molecule has 0 aliphatic rings. The molecule has 0 saturated carbocycles. The van der Waals surface area contributed by atoms with Crippen molar-refractivity contribution in [3.05, 3.63) is 0 Å². The number of hydrogen-bond acceptors (Lipinski definition) is 3. The Hall–Kier alpha value is -1.10. The Morgan fingerprint density at radius 3 is 1.18 bits per heavy atom. The van der Waals surface area contributed by atoms with E-state index >= 15 is 0 Å². The van der Waals surface area contributed by atoms with Crippen molar-refractivity contribution in [3.8, 4) is 0 Å². The Morgan fingerprint density at radius 2 is 0.816 bits per heavy atom. The van der Waals surface area contributed by atoms with Crippen molar-refractivity contribution in [2.75, 3.05) is 13.1 Å². The molecule has 0 bridgehead atoms. The molecule has 0 aliphatic carbocycles. The maximum Gasteiger partial charge on any atom is 0.236 e. The first-order valence-corrected chi connectivity index (χ1v) is 16.9. The van der Waals surface area contributed by atoms with Gasteiger partial charge in [0.25, 0.3) is 0 Å². The van der Waals surface area contributed by atoms with Crippen molar-refractivity contribution in [1.29, 1.82) is 0 Å². The molecule has 0 aromatic heterocycles. The number of rotatable bonds is 30. The van der Waals surface area contributed by atoms with Crippen LogP contribution in [0.2, 0.25) is 0 Å². The SMILES string of the molecule is CCCCCCCCCCCCCCNC(=O)CC[C@H](N)C(=O)NCCCCCCCCCCCCCC. The van der Waals surface area contributed by atoms with Crippen molar-refractivity contribution in [1.82, 2.24) is 10.6 Å². The van der Waals surface area contributed by atoms with Crippen LogP contribution < -0.4 is 16.4 Å². The van der Waals surface area contributed by atoms with Gasteiger partial charge < -0.3 is 16.4 Å². The topological polar surface area (TPSA) is 84.2 Å². The molecular weight excluding hydrogens is 470 g/mol. The summed E-state index contributed by atoms with van der Waals surface area (Å²) < 4.78 is 0. The second kappa shape index (κ2) is 30.4. The fourth-order valence-electron chi connectivity index (χ4n) is 5.01. The van der Waals surface area contributed by atoms with Gasteiger partial charge in [-0.15, -0.1) is 0 Å². The largest absolute Gasteiger partial charge is 0.356 e. The van der Waals surface area contributed by atoms with Crippen LogP contribution in [0, 0.1) is 0 Å². The number of amides is 2. The molecular formula is C33H67N3O2. The molecule has 226 valence electrons. The first-order chi connectivity index (χ1) is 18.6. The van der Waals surface area contributed by atoms with Gasteiger partial charge in [0.1, 0.15) is 0 Å². The Bertz CT molecular complexity index is 512. The monoisotopic (exact) mass is 538 g/mol. The standard InChI is InChI=1S/C33H67N3O2/c1-3-5-7-9-11-13-15-17-19-21-23-25-29-35-32(37)28-27-31(34)33(38)36-30-26-24-22-20-18-16-14-12-10-8-6-4-2/h31H,3-30,34H2,1-2H3,(H,35,37)(H,36,38)/t31-/m0/s1. The number of carbonyl (C=O) groups excluding carboxylic acids is 2. The molecule has 0 spiro atoms. The molecule has 0 aromatic rings. The third kappa shape index (κ3) is 27.9. The maximum atomic E-state index is 12.2. The molecule has 38 heavy (non-hydrogen) atoms. The summed E-state index contributed by atoms with van der Waals surface area (Å²) in [6.07, 6.45) is 32.3. The highest BCUT2D eigenvalue weighted by atomic mass is 16.2. The smallest absolute Gasteiger partial charge is 0.236 e. The summed E-state index contributed by atoms with van der Waals surface area (Å²) in [4.78, 5) is 24.2. The van der Waals surface area contributed by atoms with Crippen LogP contribution >= 0.6 is 0 Å². The van der Waals surface area contributed by atoms with E-state index in [-0.39, 0.29) is 11.8 Å². The van der Waals surface area contributed by atoms with Gasteiger partial charge in [0.05, 0.1) is 6.04 Å². The number of hydrogen-bond donors (Lipinski definition) is 3. The summed E-state index contributed by atoms with van der Waals surface area (Å²) in [6.45, 7) is 5.96. The summed E-state index contributed by atoms with van der Waals surface area (Å²) in [6, 6.07) is -0.593. The number of nitrogens with two attached hydrogens (primary N) is 1. The predicted molar refractivity (Wildman–Crippen MR) is 165 cm³/mol. The molecule has 0 radical (unpaired) electrons. The van der Waals surface area contributed by atoms with Gasteiger partial charge >= 0.3 is 0 Å². The lowest BCUT2D eigenvalue weighted by Crippen LogP contribution is -2.41. The lowest BCUT2D eigenvalue weighted by Gasteiger charge is -2.12. The number of unbranched alkanes of at least 4 members (excludes halogenated alkanes) is 22. The Labute approximate surface area is 237 Å². The lowest BCUT2D eigenvalue weighted by molar-refractivity contribution is -0.123. The zero-order valence-corrected chi connectivity index (χ0v) is 25.8. The van der Waals surface area contributed by atoms with Crippen LogP contribution in [0.1, 0.15) is 181 Å². The second-order valence-electron chi connectivity index (χ2n) is 11.6. The van der Waals surface area contributed by atoms with E-state index in [1.165, 1.54) is 135 Å². The molecule has 1 atom stereocenters. The zero-order valence-electron chi connectivity index (χ0n) is 25.8. The lowest BCUT2D eigenvalue weighted by atomic mass is 10.1. The molecule has 2 amide bonds. The van der Waals surface area contributed by atoms with Crippen LogP contribution in [0.15, 0.2) is 0 Å². The highest BCUT2D eigenvalue weighted by Gasteiger charge is 2.14. The van der Waals surface area contributed by atoms with Crippen LogP contribution in [-0.2, 0) is 9.59 Å². The van der Waals surface area contributed by atoms with Crippen molar-refractivity contribution in [2.24, 2.45) is 5.73 Å². The summed E-state index contributed by atoms with van der Waals surface area (Å²) in [5.74, 6) is -0.112.